The number of hydrazone groups is 1. The summed E-state index contributed by atoms with van der Waals surface area (Å²) < 4.78 is 6.67. The minimum absolute atomic E-state index is 0.0498. The van der Waals surface area contributed by atoms with E-state index in [0.717, 1.165) is 28.8 Å². The number of nitrogens with one attached hydrogen (secondary N) is 1. The number of methoxy groups -OCH3 is 1. The van der Waals surface area contributed by atoms with E-state index < -0.39 is 29.8 Å². The van der Waals surface area contributed by atoms with E-state index in [9.17, 15) is 24.3 Å². The number of carboxylic acids is 1. The number of carbonyl (C=O) groups excluding carboxylic acids is 3. The number of nitrogens with zero attached hydrogens (tertiary/aromatic N) is 3. The Hall–Kier alpha value is -4.73. The van der Waals surface area contributed by atoms with Gasteiger partial charge in [-0.05, 0) is 49.8 Å². The van der Waals surface area contributed by atoms with Crippen LogP contribution in [0.1, 0.15) is 48.7 Å². The average Bonchev–Trinajstić information content (AvgIpc) is 3.46. The predicted octanol–water partition coefficient (Wildman–Crippen LogP) is 3.78. The van der Waals surface area contributed by atoms with Gasteiger partial charge in [-0.1, -0.05) is 31.5 Å². The van der Waals surface area contributed by atoms with Gasteiger partial charge in [-0.3, -0.25) is 9.59 Å². The van der Waals surface area contributed by atoms with Gasteiger partial charge in [0.2, 0.25) is 0 Å². The molecule has 4 rings (SSSR count). The van der Waals surface area contributed by atoms with Gasteiger partial charge in [0.1, 0.15) is 6.04 Å². The lowest BCUT2D eigenvalue weighted by Crippen LogP contribution is -2.32. The topological polar surface area (TPSA) is 130 Å². The van der Waals surface area contributed by atoms with Crippen LogP contribution in [0.2, 0.25) is 0 Å². The van der Waals surface area contributed by atoms with Crippen molar-refractivity contribution in [2.75, 3.05) is 18.7 Å². The number of carboxylic acid groups (broad SMARTS) is 1. The number of aromatic nitrogens is 1. The number of benzene rings is 2. The molecule has 2 aromatic carbocycles. The third kappa shape index (κ3) is 5.06. The zero-order valence-electron chi connectivity index (χ0n) is 21.3. The summed E-state index contributed by atoms with van der Waals surface area (Å²) >= 11 is 0. The second-order valence-corrected chi connectivity index (χ2v) is 8.79. The molecule has 0 saturated heterocycles. The molecule has 0 aliphatic carbocycles. The van der Waals surface area contributed by atoms with Gasteiger partial charge in [0.25, 0.3) is 11.8 Å². The van der Waals surface area contributed by atoms with Gasteiger partial charge >= 0.3 is 11.9 Å². The summed E-state index contributed by atoms with van der Waals surface area (Å²) in [6, 6.07) is 12.4. The van der Waals surface area contributed by atoms with Crippen LogP contribution in [0, 0.1) is 0 Å². The minimum atomic E-state index is -1.10. The quantitative estimate of drug-likeness (QED) is 0.253. The van der Waals surface area contributed by atoms with E-state index in [0.29, 0.717) is 17.8 Å². The molecule has 0 fully saturated rings. The Balaban J connectivity index is 1.80. The number of ether oxygens (including phenoxy) is 1. The van der Waals surface area contributed by atoms with Crippen LogP contribution in [-0.2, 0) is 19.1 Å². The van der Waals surface area contributed by atoms with Gasteiger partial charge in [-0.15, -0.1) is 0 Å². The van der Waals surface area contributed by atoms with Crippen LogP contribution in [0.25, 0.3) is 17.0 Å². The van der Waals surface area contributed by atoms with Crippen LogP contribution in [-0.4, -0.2) is 52.8 Å². The van der Waals surface area contributed by atoms with Crippen LogP contribution >= 0.6 is 0 Å². The number of esters is 1. The van der Waals surface area contributed by atoms with Crippen molar-refractivity contribution in [1.82, 2.24) is 9.88 Å². The number of aromatic carboxylic acids is 1. The lowest BCUT2D eigenvalue weighted by Gasteiger charge is -2.12. The van der Waals surface area contributed by atoms with E-state index in [-0.39, 0.29) is 16.8 Å². The Bertz CT molecular complexity index is 1470. The van der Waals surface area contributed by atoms with E-state index in [1.165, 1.54) is 31.4 Å². The molecule has 3 aromatic rings. The molecule has 1 aliphatic heterocycles. The molecule has 2 amide bonds. The number of hydrogen-bond acceptors (Lipinski definition) is 6. The SMILES string of the molecule is CCCCNC(=O)C1=NN(c2ccc(C(=O)O)cc2)C(=O)C1=Cc1cn(C(C)C(=O)OC)c2ccccc12. The number of rotatable bonds is 9. The Morgan fingerprint density at radius 2 is 1.84 bits per heavy atom. The Labute approximate surface area is 219 Å². The molecular weight excluding hydrogens is 488 g/mol. The molecule has 10 heteroatoms. The van der Waals surface area contributed by atoms with Crippen molar-refractivity contribution >= 4 is 52.1 Å². The van der Waals surface area contributed by atoms with Crippen LogP contribution in [0.3, 0.4) is 0 Å². The van der Waals surface area contributed by atoms with Crippen molar-refractivity contribution in [3.63, 3.8) is 0 Å². The number of amides is 2. The van der Waals surface area contributed by atoms with E-state index in [1.54, 1.807) is 23.8 Å². The van der Waals surface area contributed by atoms with E-state index in [4.69, 9.17) is 4.74 Å². The third-order valence-electron chi connectivity index (χ3n) is 6.30. The predicted molar refractivity (Wildman–Crippen MR) is 143 cm³/mol. The maximum Gasteiger partial charge on any atom is 0.335 e. The molecule has 1 unspecified atom stereocenters. The zero-order chi connectivity index (χ0) is 27.4. The van der Waals surface area contributed by atoms with Crippen LogP contribution in [0.5, 0.6) is 0 Å². The molecule has 38 heavy (non-hydrogen) atoms. The van der Waals surface area contributed by atoms with E-state index >= 15 is 0 Å². The summed E-state index contributed by atoms with van der Waals surface area (Å²) in [5, 5.41) is 18.2. The van der Waals surface area contributed by atoms with Crippen molar-refractivity contribution in [2.45, 2.75) is 32.7 Å². The van der Waals surface area contributed by atoms with E-state index in [2.05, 4.69) is 10.4 Å². The van der Waals surface area contributed by atoms with Crippen molar-refractivity contribution in [1.29, 1.82) is 0 Å². The fourth-order valence-corrected chi connectivity index (χ4v) is 4.20. The standard InChI is InChI=1S/C28H28N4O6/c1-4-5-14-29-25(33)24-22(26(34)32(30-24)20-12-10-18(11-13-20)27(35)36)15-19-16-31(17(2)28(37)38-3)23-9-7-6-8-21(19)23/h6-13,15-17H,4-5,14H2,1-3H3,(H,29,33)(H,35,36). The highest BCUT2D eigenvalue weighted by Crippen LogP contribution is 2.30. The number of fused-ring (bicyclic) bond motifs is 1. The molecule has 0 radical (unpaired) electrons. The van der Waals surface area contributed by atoms with Crippen molar-refractivity contribution in [3.8, 4) is 0 Å². The summed E-state index contributed by atoms with van der Waals surface area (Å²) in [4.78, 5) is 50.2. The molecule has 10 nitrogen and oxygen atoms in total. The first-order valence-corrected chi connectivity index (χ1v) is 12.2. The summed E-state index contributed by atoms with van der Waals surface area (Å²) in [5.41, 5.74) is 1.79. The highest BCUT2D eigenvalue weighted by molar-refractivity contribution is 6.55. The summed E-state index contributed by atoms with van der Waals surface area (Å²) in [7, 11) is 1.32. The Morgan fingerprint density at radius 3 is 2.50 bits per heavy atom. The van der Waals surface area contributed by atoms with Crippen molar-refractivity contribution in [3.05, 3.63) is 71.4 Å². The molecule has 1 atom stereocenters. The van der Waals surface area contributed by atoms with Gasteiger partial charge in [-0.25, -0.2) is 9.59 Å². The van der Waals surface area contributed by atoms with Gasteiger partial charge in [0, 0.05) is 29.2 Å². The summed E-state index contributed by atoms with van der Waals surface area (Å²) in [6.07, 6.45) is 4.98. The van der Waals surface area contributed by atoms with Crippen molar-refractivity contribution in [2.24, 2.45) is 5.10 Å². The molecule has 2 N–H and O–H groups in total. The number of anilines is 1. The summed E-state index contributed by atoms with van der Waals surface area (Å²) in [6.45, 7) is 4.15. The molecule has 0 saturated carbocycles. The Morgan fingerprint density at radius 1 is 1.13 bits per heavy atom. The molecule has 0 bridgehead atoms. The van der Waals surface area contributed by atoms with Crippen LogP contribution in [0.4, 0.5) is 5.69 Å². The number of unbranched alkanes of at least 4 members (excludes halogenated alkanes) is 1. The molecule has 1 aromatic heterocycles. The van der Waals surface area contributed by atoms with E-state index in [1.807, 2.05) is 31.2 Å². The fraction of sp³-hybridized carbons (Fsp3) is 0.250. The average molecular weight is 517 g/mol. The number of hydrogen-bond donors (Lipinski definition) is 2. The first-order chi connectivity index (χ1) is 18.3. The van der Waals surface area contributed by atoms with Crippen LogP contribution in [0.15, 0.2) is 65.4 Å². The van der Waals surface area contributed by atoms with Gasteiger partial charge in [-0.2, -0.15) is 10.1 Å². The highest BCUT2D eigenvalue weighted by Gasteiger charge is 2.35. The smallest absolute Gasteiger partial charge is 0.335 e. The second kappa shape index (κ2) is 11.1. The lowest BCUT2D eigenvalue weighted by molar-refractivity contribution is -0.143. The second-order valence-electron chi connectivity index (χ2n) is 8.79. The molecular formula is C28H28N4O6. The zero-order valence-corrected chi connectivity index (χ0v) is 21.3. The number of para-hydroxylation sites is 1. The van der Waals surface area contributed by atoms with Gasteiger partial charge < -0.3 is 19.7 Å². The van der Waals surface area contributed by atoms with Crippen LogP contribution < -0.4 is 10.3 Å². The van der Waals surface area contributed by atoms with Gasteiger partial charge in [0.05, 0.1) is 23.9 Å². The van der Waals surface area contributed by atoms with Gasteiger partial charge in [0.15, 0.2) is 5.71 Å². The first kappa shape index (κ1) is 26.3. The minimum Gasteiger partial charge on any atom is -0.478 e. The maximum absolute atomic E-state index is 13.6. The lowest BCUT2D eigenvalue weighted by atomic mass is 10.0. The summed E-state index contributed by atoms with van der Waals surface area (Å²) in [5.74, 6) is -2.54. The Kier molecular flexibility index (Phi) is 7.71. The molecule has 196 valence electrons. The maximum atomic E-state index is 13.6. The highest BCUT2D eigenvalue weighted by atomic mass is 16.5. The largest absolute Gasteiger partial charge is 0.478 e. The number of carbonyl (C=O) groups is 4. The molecule has 1 aliphatic rings. The first-order valence-electron chi connectivity index (χ1n) is 12.2. The fourth-order valence-electron chi connectivity index (χ4n) is 4.20. The van der Waals surface area contributed by atoms with Crippen molar-refractivity contribution < 1.29 is 29.0 Å². The molecule has 0 spiro atoms. The monoisotopic (exact) mass is 516 g/mol. The normalized spacial score (nSPS) is 15.0. The molecule has 2 heterocycles. The third-order valence-corrected chi connectivity index (χ3v) is 6.30.